The summed E-state index contributed by atoms with van der Waals surface area (Å²) in [5.41, 5.74) is 1.05. The van der Waals surface area contributed by atoms with Gasteiger partial charge in [0.05, 0.1) is 29.1 Å². The van der Waals surface area contributed by atoms with Crippen LogP contribution in [0, 0.1) is 37.5 Å². The fraction of sp³-hybridized carbons (Fsp3) is 0.600. The molecule has 1 aliphatic heterocycles. The minimum absolute atomic E-state index is 0. The van der Waals surface area contributed by atoms with Crippen molar-refractivity contribution in [2.75, 3.05) is 20.1 Å². The molecule has 2 amide bonds. The lowest BCUT2D eigenvalue weighted by atomic mass is 9.85. The maximum Gasteiger partial charge on any atom is 0.233 e. The van der Waals surface area contributed by atoms with Crippen molar-refractivity contribution in [2.24, 2.45) is 28.7 Å². The lowest BCUT2D eigenvalue weighted by Crippen LogP contribution is -2.39. The van der Waals surface area contributed by atoms with Crippen molar-refractivity contribution in [1.29, 1.82) is 0 Å². The van der Waals surface area contributed by atoms with Gasteiger partial charge < -0.3 is 10.6 Å². The van der Waals surface area contributed by atoms with Crippen molar-refractivity contribution < 1.29 is 9.59 Å². The van der Waals surface area contributed by atoms with Crippen LogP contribution in [0.5, 0.6) is 0 Å². The van der Waals surface area contributed by atoms with E-state index in [4.69, 9.17) is 0 Å². The number of amides is 2. The number of rotatable bonds is 6. The molecular formula is C20H28IN5O2S. The highest BCUT2D eigenvalue weighted by Gasteiger charge is 2.58. The quantitative estimate of drug-likeness (QED) is 0.148. The predicted molar refractivity (Wildman–Crippen MR) is 124 cm³/mol. The van der Waals surface area contributed by atoms with Gasteiger partial charge in [-0.15, -0.1) is 35.3 Å². The number of guanidine groups is 1. The molecule has 3 aliphatic rings. The molecule has 4 rings (SSSR count). The number of carbonyl (C=O) groups excluding carboxylic acids is 2. The molecule has 4 atom stereocenters. The topological polar surface area (TPSA) is 86.7 Å². The van der Waals surface area contributed by atoms with Gasteiger partial charge in [0.1, 0.15) is 0 Å². The van der Waals surface area contributed by atoms with Gasteiger partial charge in [-0.25, -0.2) is 4.98 Å². The average molecular weight is 529 g/mol. The number of fused-ring (bicyclic) bond motifs is 5. The first kappa shape index (κ1) is 22.2. The highest BCUT2D eigenvalue weighted by molar-refractivity contribution is 14.0. The lowest BCUT2D eigenvalue weighted by molar-refractivity contribution is -0.140. The van der Waals surface area contributed by atoms with E-state index in [0.717, 1.165) is 17.1 Å². The summed E-state index contributed by atoms with van der Waals surface area (Å²) in [7, 11) is 1.73. The largest absolute Gasteiger partial charge is 0.356 e. The zero-order valence-corrected chi connectivity index (χ0v) is 20.1. The summed E-state index contributed by atoms with van der Waals surface area (Å²) in [6.45, 7) is 5.82. The van der Waals surface area contributed by atoms with Gasteiger partial charge in [-0.2, -0.15) is 0 Å². The van der Waals surface area contributed by atoms with E-state index in [0.29, 0.717) is 32.0 Å². The number of allylic oxidation sites excluding steroid dienone is 2. The van der Waals surface area contributed by atoms with Crippen LogP contribution in [0.4, 0.5) is 0 Å². The molecule has 0 aromatic carbocycles. The third-order valence-electron chi connectivity index (χ3n) is 6.05. The summed E-state index contributed by atoms with van der Waals surface area (Å²) in [6, 6.07) is 0. The predicted octanol–water partition coefficient (Wildman–Crippen LogP) is 2.24. The van der Waals surface area contributed by atoms with Crippen molar-refractivity contribution in [3.05, 3.63) is 27.7 Å². The van der Waals surface area contributed by atoms with Crippen molar-refractivity contribution in [3.63, 3.8) is 0 Å². The Kier molecular flexibility index (Phi) is 6.98. The van der Waals surface area contributed by atoms with Crippen LogP contribution in [0.2, 0.25) is 0 Å². The van der Waals surface area contributed by atoms with Crippen LogP contribution >= 0.6 is 35.3 Å². The monoisotopic (exact) mass is 529 g/mol. The Balaban J connectivity index is 0.00000240. The zero-order valence-electron chi connectivity index (χ0n) is 17.0. The highest BCUT2D eigenvalue weighted by Crippen LogP contribution is 2.52. The van der Waals surface area contributed by atoms with Crippen molar-refractivity contribution in [2.45, 2.75) is 33.2 Å². The Morgan fingerprint density at radius 3 is 2.41 bits per heavy atom. The van der Waals surface area contributed by atoms with Gasteiger partial charge in [-0.1, -0.05) is 12.2 Å². The summed E-state index contributed by atoms with van der Waals surface area (Å²) < 4.78 is 0. The van der Waals surface area contributed by atoms with Gasteiger partial charge in [0, 0.05) is 25.0 Å². The molecule has 0 spiro atoms. The number of aromatic nitrogens is 1. The summed E-state index contributed by atoms with van der Waals surface area (Å²) in [5.74, 6) is 1.12. The van der Waals surface area contributed by atoms with E-state index in [9.17, 15) is 9.59 Å². The van der Waals surface area contributed by atoms with Crippen LogP contribution in [0.1, 0.15) is 28.4 Å². The van der Waals surface area contributed by atoms with Crippen LogP contribution in [0.25, 0.3) is 0 Å². The lowest BCUT2D eigenvalue weighted by Gasteiger charge is -2.18. The van der Waals surface area contributed by atoms with Crippen LogP contribution < -0.4 is 10.6 Å². The van der Waals surface area contributed by atoms with Crippen LogP contribution in [-0.4, -0.2) is 47.8 Å². The van der Waals surface area contributed by atoms with Crippen molar-refractivity contribution in [3.8, 4) is 0 Å². The first-order valence-electron chi connectivity index (χ1n) is 9.90. The Bertz CT molecular complexity index is 822. The van der Waals surface area contributed by atoms with Gasteiger partial charge >= 0.3 is 0 Å². The molecular weight excluding hydrogens is 501 g/mol. The maximum absolute atomic E-state index is 12.7. The number of carbonyl (C=O) groups is 2. The average Bonchev–Trinajstić information content (AvgIpc) is 3.41. The van der Waals surface area contributed by atoms with E-state index in [1.165, 1.54) is 9.78 Å². The number of imide groups is 1. The third kappa shape index (κ3) is 4.21. The second-order valence-corrected chi connectivity index (χ2v) is 9.06. The number of hydrogen-bond donors (Lipinski definition) is 2. The smallest absolute Gasteiger partial charge is 0.233 e. The Morgan fingerprint density at radius 1 is 1.21 bits per heavy atom. The Hall–Kier alpha value is -1.49. The molecule has 7 nitrogen and oxygen atoms in total. The van der Waals surface area contributed by atoms with Gasteiger partial charge in [0.2, 0.25) is 11.8 Å². The first-order valence-corrected chi connectivity index (χ1v) is 10.7. The Morgan fingerprint density at radius 2 is 1.86 bits per heavy atom. The molecule has 4 unspecified atom stereocenters. The number of nitrogens with zero attached hydrogens (tertiary/aromatic N) is 3. The van der Waals surface area contributed by atoms with Crippen LogP contribution in [0.15, 0.2) is 17.1 Å². The SMILES string of the molecule is CN=C(NCCCN1C(=O)C2C3C=CC(C3)C2C1=O)NCc1sc(C)nc1C.I. The van der Waals surface area contributed by atoms with Gasteiger partial charge in [0.15, 0.2) is 5.96 Å². The molecule has 2 fully saturated rings. The molecule has 1 saturated heterocycles. The van der Waals surface area contributed by atoms with E-state index < -0.39 is 0 Å². The highest BCUT2D eigenvalue weighted by atomic mass is 127. The number of hydrogen-bond acceptors (Lipinski definition) is 5. The minimum Gasteiger partial charge on any atom is -0.356 e. The molecule has 2 N–H and O–H groups in total. The van der Waals surface area contributed by atoms with Crippen molar-refractivity contribution in [1.82, 2.24) is 20.5 Å². The fourth-order valence-electron chi connectivity index (χ4n) is 4.75. The fourth-order valence-corrected chi connectivity index (χ4v) is 5.63. The number of likely N-dealkylation sites (tertiary alicyclic amines) is 1. The van der Waals surface area contributed by atoms with Gasteiger partial charge in [-0.3, -0.25) is 19.5 Å². The molecule has 2 bridgehead atoms. The molecule has 9 heteroatoms. The second kappa shape index (κ2) is 9.11. The summed E-state index contributed by atoms with van der Waals surface area (Å²) >= 11 is 1.68. The van der Waals surface area contributed by atoms with E-state index in [1.807, 2.05) is 13.8 Å². The maximum atomic E-state index is 12.7. The van der Waals surface area contributed by atoms with E-state index in [1.54, 1.807) is 18.4 Å². The number of thiazole rings is 1. The first-order chi connectivity index (χ1) is 13.5. The minimum atomic E-state index is -0.101. The zero-order chi connectivity index (χ0) is 19.8. The molecule has 2 heterocycles. The normalized spacial score (nSPS) is 27.4. The molecule has 1 aromatic rings. The molecule has 2 aliphatic carbocycles. The summed E-state index contributed by atoms with van der Waals surface area (Å²) in [5, 5.41) is 7.61. The van der Waals surface area contributed by atoms with E-state index in [-0.39, 0.29) is 59.5 Å². The number of aliphatic imine (C=N–C) groups is 1. The van der Waals surface area contributed by atoms with Gasteiger partial charge in [0.25, 0.3) is 0 Å². The number of aryl methyl sites for hydroxylation is 2. The van der Waals surface area contributed by atoms with Crippen LogP contribution in [0.3, 0.4) is 0 Å². The summed E-state index contributed by atoms with van der Waals surface area (Å²) in [4.78, 5) is 36.7. The Labute approximate surface area is 192 Å². The number of halogens is 1. The molecule has 1 saturated carbocycles. The van der Waals surface area contributed by atoms with Crippen molar-refractivity contribution >= 4 is 53.1 Å². The van der Waals surface area contributed by atoms with E-state index in [2.05, 4.69) is 32.8 Å². The molecule has 29 heavy (non-hydrogen) atoms. The third-order valence-corrected chi connectivity index (χ3v) is 7.13. The summed E-state index contributed by atoms with van der Waals surface area (Å²) in [6.07, 6.45) is 5.94. The molecule has 1 aromatic heterocycles. The van der Waals surface area contributed by atoms with E-state index >= 15 is 0 Å². The molecule has 0 radical (unpaired) electrons. The van der Waals surface area contributed by atoms with Crippen LogP contribution in [-0.2, 0) is 16.1 Å². The number of nitrogens with one attached hydrogen (secondary N) is 2. The molecule has 158 valence electrons. The standard InChI is InChI=1S/C20H27N5O2S.HI/c1-11-15(28-12(2)24-11)10-23-20(21-3)22-7-4-8-25-18(26)16-13-5-6-14(9-13)17(16)19(25)27;/h5-6,13-14,16-17H,4,7-10H2,1-3H3,(H2,21,22,23);1H. The second-order valence-electron chi connectivity index (χ2n) is 7.78. The van der Waals surface area contributed by atoms with Gasteiger partial charge in [-0.05, 0) is 38.5 Å².